The maximum Gasteiger partial charge on any atom is 0.305 e. The molecule has 0 radical (unpaired) electrons. The second kappa shape index (κ2) is 5.14. The number of hydrogen-bond donors (Lipinski definition) is 2. The minimum Gasteiger partial charge on any atom is -0.481 e. The SMILES string of the molecule is Cc1cc2occ(C(=O)NCCC(=O)O)c2cc1C. The number of rotatable bonds is 4. The Labute approximate surface area is 110 Å². The molecule has 2 N–H and O–H groups in total. The van der Waals surface area contributed by atoms with Crippen LogP contribution in [0.15, 0.2) is 22.8 Å². The highest BCUT2D eigenvalue weighted by Crippen LogP contribution is 2.24. The largest absolute Gasteiger partial charge is 0.481 e. The number of fused-ring (bicyclic) bond motifs is 1. The molecule has 1 aromatic heterocycles. The lowest BCUT2D eigenvalue weighted by molar-refractivity contribution is -0.136. The van der Waals surface area contributed by atoms with Crippen LogP contribution in [0.1, 0.15) is 27.9 Å². The van der Waals surface area contributed by atoms with Gasteiger partial charge in [0.05, 0.1) is 12.0 Å². The van der Waals surface area contributed by atoms with Crippen LogP contribution >= 0.6 is 0 Å². The first-order valence-electron chi connectivity index (χ1n) is 5.97. The maximum atomic E-state index is 11.9. The Morgan fingerprint density at radius 1 is 1.26 bits per heavy atom. The van der Waals surface area contributed by atoms with Crippen molar-refractivity contribution in [3.05, 3.63) is 35.1 Å². The maximum absolute atomic E-state index is 11.9. The number of carboxylic acid groups (broad SMARTS) is 1. The highest BCUT2D eigenvalue weighted by Gasteiger charge is 2.14. The monoisotopic (exact) mass is 261 g/mol. The van der Waals surface area contributed by atoms with E-state index >= 15 is 0 Å². The molecule has 0 unspecified atom stereocenters. The summed E-state index contributed by atoms with van der Waals surface area (Å²) >= 11 is 0. The fraction of sp³-hybridized carbons (Fsp3) is 0.286. The predicted molar refractivity (Wildman–Crippen MR) is 70.3 cm³/mol. The van der Waals surface area contributed by atoms with Gasteiger partial charge in [-0.05, 0) is 37.1 Å². The molecule has 2 aromatic rings. The van der Waals surface area contributed by atoms with Gasteiger partial charge in [-0.1, -0.05) is 0 Å². The van der Waals surface area contributed by atoms with Crippen molar-refractivity contribution in [1.29, 1.82) is 0 Å². The van der Waals surface area contributed by atoms with Crippen LogP contribution in [0.25, 0.3) is 11.0 Å². The number of aryl methyl sites for hydroxylation is 2. The van der Waals surface area contributed by atoms with Gasteiger partial charge in [0.25, 0.3) is 5.91 Å². The zero-order valence-corrected chi connectivity index (χ0v) is 10.8. The van der Waals surface area contributed by atoms with Gasteiger partial charge in [-0.3, -0.25) is 9.59 Å². The van der Waals surface area contributed by atoms with Gasteiger partial charge in [-0.25, -0.2) is 0 Å². The number of benzene rings is 1. The van der Waals surface area contributed by atoms with Gasteiger partial charge in [0.15, 0.2) is 0 Å². The average Bonchev–Trinajstić information content (AvgIpc) is 2.72. The predicted octanol–water partition coefficient (Wildman–Crippen LogP) is 2.25. The Bertz CT molecular complexity index is 642. The van der Waals surface area contributed by atoms with E-state index in [9.17, 15) is 9.59 Å². The summed E-state index contributed by atoms with van der Waals surface area (Å²) in [6, 6.07) is 3.79. The van der Waals surface area contributed by atoms with E-state index in [2.05, 4.69) is 5.32 Å². The Balaban J connectivity index is 2.23. The molecule has 0 saturated heterocycles. The smallest absolute Gasteiger partial charge is 0.305 e. The molecule has 0 aliphatic heterocycles. The third-order valence-corrected chi connectivity index (χ3v) is 3.06. The number of carbonyl (C=O) groups is 2. The van der Waals surface area contributed by atoms with E-state index in [0.717, 1.165) is 16.5 Å². The topological polar surface area (TPSA) is 79.5 Å². The van der Waals surface area contributed by atoms with Crippen LogP contribution in [0.4, 0.5) is 0 Å². The van der Waals surface area contributed by atoms with Crippen LogP contribution < -0.4 is 5.32 Å². The number of amides is 1. The van der Waals surface area contributed by atoms with E-state index in [1.54, 1.807) is 0 Å². The van der Waals surface area contributed by atoms with Gasteiger partial charge >= 0.3 is 5.97 Å². The van der Waals surface area contributed by atoms with Crippen molar-refractivity contribution in [2.75, 3.05) is 6.54 Å². The summed E-state index contributed by atoms with van der Waals surface area (Å²) in [4.78, 5) is 22.3. The van der Waals surface area contributed by atoms with E-state index in [1.807, 2.05) is 26.0 Å². The molecule has 1 amide bonds. The molecule has 0 spiro atoms. The Hall–Kier alpha value is -2.30. The quantitative estimate of drug-likeness (QED) is 0.884. The van der Waals surface area contributed by atoms with E-state index in [1.165, 1.54) is 6.26 Å². The van der Waals surface area contributed by atoms with E-state index in [4.69, 9.17) is 9.52 Å². The molecule has 100 valence electrons. The molecule has 0 bridgehead atoms. The van der Waals surface area contributed by atoms with Gasteiger partial charge in [0, 0.05) is 11.9 Å². The fourth-order valence-corrected chi connectivity index (χ4v) is 1.84. The van der Waals surface area contributed by atoms with Crippen LogP contribution in [-0.4, -0.2) is 23.5 Å². The summed E-state index contributed by atoms with van der Waals surface area (Å²) < 4.78 is 5.36. The molecule has 1 heterocycles. The zero-order valence-electron chi connectivity index (χ0n) is 10.8. The minimum atomic E-state index is -0.941. The molecule has 0 atom stereocenters. The van der Waals surface area contributed by atoms with Gasteiger partial charge in [0.1, 0.15) is 11.8 Å². The molecule has 5 nitrogen and oxygen atoms in total. The first-order valence-corrected chi connectivity index (χ1v) is 5.97. The first-order chi connectivity index (χ1) is 8.99. The lowest BCUT2D eigenvalue weighted by Gasteiger charge is -2.03. The molecule has 19 heavy (non-hydrogen) atoms. The molecule has 2 rings (SSSR count). The Kier molecular flexibility index (Phi) is 3.55. The lowest BCUT2D eigenvalue weighted by atomic mass is 10.1. The van der Waals surface area contributed by atoms with Crippen molar-refractivity contribution in [2.24, 2.45) is 0 Å². The second-order valence-corrected chi connectivity index (χ2v) is 4.48. The molecule has 0 fully saturated rings. The van der Waals surface area contributed by atoms with Crippen molar-refractivity contribution < 1.29 is 19.1 Å². The van der Waals surface area contributed by atoms with Crippen LogP contribution in [0.3, 0.4) is 0 Å². The third kappa shape index (κ3) is 2.76. The fourth-order valence-electron chi connectivity index (χ4n) is 1.84. The highest BCUT2D eigenvalue weighted by molar-refractivity contribution is 6.06. The van der Waals surface area contributed by atoms with Gasteiger partial charge in [-0.15, -0.1) is 0 Å². The third-order valence-electron chi connectivity index (χ3n) is 3.06. The Morgan fingerprint density at radius 2 is 1.95 bits per heavy atom. The highest BCUT2D eigenvalue weighted by atomic mass is 16.4. The van der Waals surface area contributed by atoms with Gasteiger partial charge in [-0.2, -0.15) is 0 Å². The number of nitrogens with one attached hydrogen (secondary N) is 1. The van der Waals surface area contributed by atoms with Gasteiger partial charge in [0.2, 0.25) is 0 Å². The van der Waals surface area contributed by atoms with Crippen LogP contribution in [0.2, 0.25) is 0 Å². The minimum absolute atomic E-state index is 0.0976. The normalized spacial score (nSPS) is 10.6. The van der Waals surface area contributed by atoms with E-state index in [-0.39, 0.29) is 18.9 Å². The average molecular weight is 261 g/mol. The molecule has 0 saturated carbocycles. The molecule has 1 aromatic carbocycles. The number of carboxylic acids is 1. The van der Waals surface area contributed by atoms with Crippen LogP contribution in [0.5, 0.6) is 0 Å². The van der Waals surface area contributed by atoms with Gasteiger partial charge < -0.3 is 14.8 Å². The van der Waals surface area contributed by atoms with Crippen LogP contribution in [0, 0.1) is 13.8 Å². The number of aliphatic carboxylic acids is 1. The summed E-state index contributed by atoms with van der Waals surface area (Å²) in [5.74, 6) is -1.26. The van der Waals surface area contributed by atoms with Crippen molar-refractivity contribution in [3.8, 4) is 0 Å². The van der Waals surface area contributed by atoms with Crippen molar-refractivity contribution in [2.45, 2.75) is 20.3 Å². The van der Waals surface area contributed by atoms with Crippen molar-refractivity contribution >= 4 is 22.8 Å². The van der Waals surface area contributed by atoms with Crippen LogP contribution in [-0.2, 0) is 4.79 Å². The lowest BCUT2D eigenvalue weighted by Crippen LogP contribution is -2.25. The summed E-state index contributed by atoms with van der Waals surface area (Å²) in [5.41, 5.74) is 3.27. The van der Waals surface area contributed by atoms with E-state index in [0.29, 0.717) is 11.1 Å². The molecular formula is C14H15NO4. The summed E-state index contributed by atoms with van der Waals surface area (Å²) in [6.07, 6.45) is 1.30. The second-order valence-electron chi connectivity index (χ2n) is 4.48. The summed E-state index contributed by atoms with van der Waals surface area (Å²) in [5, 5.41) is 11.8. The standard InChI is InChI=1S/C14H15NO4/c1-8-5-10-11(7-19-12(10)6-9(8)2)14(18)15-4-3-13(16)17/h5-7H,3-4H2,1-2H3,(H,15,18)(H,16,17). The summed E-state index contributed by atoms with van der Waals surface area (Å²) in [6.45, 7) is 4.05. The molecule has 5 heteroatoms. The Morgan fingerprint density at radius 3 is 2.63 bits per heavy atom. The number of carbonyl (C=O) groups excluding carboxylic acids is 1. The zero-order chi connectivity index (χ0) is 14.0. The number of furan rings is 1. The molecular weight excluding hydrogens is 246 g/mol. The van der Waals surface area contributed by atoms with E-state index < -0.39 is 5.97 Å². The van der Waals surface area contributed by atoms with Crippen molar-refractivity contribution in [1.82, 2.24) is 5.32 Å². The summed E-state index contributed by atoms with van der Waals surface area (Å²) in [7, 11) is 0. The molecule has 0 aliphatic carbocycles. The number of hydrogen-bond acceptors (Lipinski definition) is 3. The van der Waals surface area contributed by atoms with Crippen molar-refractivity contribution in [3.63, 3.8) is 0 Å². The first kappa shape index (κ1) is 13.1. The molecule has 0 aliphatic rings.